The Labute approximate surface area is 583 Å². The molecule has 2 saturated carbocycles. The Bertz CT molecular complexity index is 4010. The van der Waals surface area contributed by atoms with E-state index in [1.807, 2.05) is 24.3 Å². The summed E-state index contributed by atoms with van der Waals surface area (Å²) < 4.78 is 72.5. The number of nitrogens with one attached hydrogen (secondary N) is 4. The van der Waals surface area contributed by atoms with Gasteiger partial charge in [-0.3, -0.25) is 19.2 Å². The van der Waals surface area contributed by atoms with Crippen LogP contribution in [0.5, 0.6) is 11.5 Å². The monoisotopic (exact) mass is 1410 g/mol. The number of sulfonamides is 2. The summed E-state index contributed by atoms with van der Waals surface area (Å²) in [5.74, 6) is -0.658. The van der Waals surface area contributed by atoms with Gasteiger partial charge in [-0.15, -0.1) is 0 Å². The SMILES string of the molecule is O=C(C[C@@H]1CC/C=C/[C@H](O)[C@@H]2CC[C@H]2CN2C[C@@]3(CCCc4cc(Cl)ccc43)COc3ccc(cc32)C(=O)NS1(=O)=O)Nc1ccccc1.O=C(C[C@H]1CC/C=C/[C@H](O)[C@@H]2CC[C@H]2CN2C[C@@]3(CCCc4cc(Cl)ccc43)COc3ccc(cc32)C(=O)NS1(=O)=O)Nc1ccccc1. The molecular formula is C76H84Cl2N6O12S2. The molecule has 0 radical (unpaired) electrons. The van der Waals surface area contributed by atoms with Crippen LogP contribution in [-0.4, -0.2) is 113 Å². The number of rotatable bonds is 6. The molecule has 2 fully saturated rings. The fourth-order valence-electron chi connectivity index (χ4n) is 16.1. The first-order valence-corrected chi connectivity index (χ1v) is 38.2. The van der Waals surface area contributed by atoms with Crippen LogP contribution in [0.15, 0.2) is 158 Å². The average molecular weight is 1410 g/mol. The molecule has 14 rings (SSSR count). The minimum absolute atomic E-state index is 0.0489. The van der Waals surface area contributed by atoms with Crippen LogP contribution in [-0.2, 0) is 53.3 Å². The van der Waals surface area contributed by atoms with Gasteiger partial charge in [0.2, 0.25) is 31.9 Å². The number of hydrogen-bond acceptors (Lipinski definition) is 14. The summed E-state index contributed by atoms with van der Waals surface area (Å²) in [4.78, 5) is 57.9. The van der Waals surface area contributed by atoms with E-state index < -0.39 is 66.4 Å². The second-order valence-electron chi connectivity index (χ2n) is 28.0. The van der Waals surface area contributed by atoms with Crippen molar-refractivity contribution in [3.8, 4) is 11.5 Å². The topological polar surface area (TPSA) is 250 Å². The van der Waals surface area contributed by atoms with Crippen molar-refractivity contribution in [2.45, 2.75) is 136 Å². The lowest BCUT2D eigenvalue weighted by Gasteiger charge is -2.45. The lowest BCUT2D eigenvalue weighted by molar-refractivity contribution is -0.117. The first kappa shape index (κ1) is 68.8. The minimum Gasteiger partial charge on any atom is -0.490 e. The molecule has 6 N–H and O–H groups in total. The van der Waals surface area contributed by atoms with Crippen molar-refractivity contribution in [1.29, 1.82) is 0 Å². The summed E-state index contributed by atoms with van der Waals surface area (Å²) in [7, 11) is -8.54. The summed E-state index contributed by atoms with van der Waals surface area (Å²) in [5.41, 5.74) is 7.21. The van der Waals surface area contributed by atoms with Gasteiger partial charge in [0.1, 0.15) is 11.5 Å². The van der Waals surface area contributed by atoms with Crippen LogP contribution in [0.4, 0.5) is 22.7 Å². The number of aryl methyl sites for hydroxylation is 2. The highest BCUT2D eigenvalue weighted by Crippen LogP contribution is 2.49. The van der Waals surface area contributed by atoms with Crippen molar-refractivity contribution in [3.63, 3.8) is 0 Å². The van der Waals surface area contributed by atoms with Crippen molar-refractivity contribution in [1.82, 2.24) is 9.44 Å². The number of nitrogens with zero attached hydrogens (tertiary/aromatic N) is 2. The first-order chi connectivity index (χ1) is 47.2. The van der Waals surface area contributed by atoms with Crippen molar-refractivity contribution in [3.05, 3.63) is 201 Å². The Morgan fingerprint density at radius 3 is 1.36 bits per heavy atom. The van der Waals surface area contributed by atoms with Gasteiger partial charge in [-0.2, -0.15) is 0 Å². The fraction of sp³-hybridized carbons (Fsp3) is 0.421. The van der Waals surface area contributed by atoms with E-state index in [1.165, 1.54) is 22.3 Å². The number of aliphatic hydroxyl groups is 2. The number of carbonyl (C=O) groups is 4. The van der Waals surface area contributed by atoms with E-state index in [0.29, 0.717) is 85.2 Å². The highest BCUT2D eigenvalue weighted by molar-refractivity contribution is 7.91. The highest BCUT2D eigenvalue weighted by Gasteiger charge is 2.47. The standard InChI is InChI=1S/2C38H42ClN3O6S/c2*39-28-14-16-32-25(19-28)7-6-18-38(32)23-42-22-27-12-15-31(27)34(43)11-5-4-10-30(21-36(44)40-29-8-2-1-3-9-29)49(46,47)41-37(45)26-13-17-35(48-24-38)33(42)20-26/h2*1-3,5,8-9,11,13-14,16-17,19-20,27,30-31,34,43H,4,6-7,10,12,15,18,21-24H2,(H,40,44)(H,41,45)/b2*11-5+/t27-,30+,31+,34-,38-;27-,30-,31+,34-,38-/m00/s1. The van der Waals surface area contributed by atoms with E-state index in [0.717, 1.165) is 75.6 Å². The van der Waals surface area contributed by atoms with Gasteiger partial charge < -0.3 is 40.1 Å². The summed E-state index contributed by atoms with van der Waals surface area (Å²) >= 11 is 12.8. The Balaban J connectivity index is 0.000000176. The molecule has 4 bridgehead atoms. The van der Waals surface area contributed by atoms with Gasteiger partial charge in [-0.05, 0) is 221 Å². The summed E-state index contributed by atoms with van der Waals surface area (Å²) in [6, 6.07) is 40.0. The van der Waals surface area contributed by atoms with E-state index in [9.17, 15) is 46.2 Å². The number of para-hydroxylation sites is 2. The normalized spacial score (nSPS) is 28.4. The Hall–Kier alpha value is -7.72. The van der Waals surface area contributed by atoms with E-state index in [1.54, 1.807) is 109 Å². The van der Waals surface area contributed by atoms with Gasteiger partial charge >= 0.3 is 0 Å². The molecule has 22 heteroatoms. The molecule has 0 aromatic heterocycles. The van der Waals surface area contributed by atoms with E-state index in [4.69, 9.17) is 32.7 Å². The molecule has 6 aromatic carbocycles. The number of anilines is 4. The molecule has 0 unspecified atom stereocenters. The lowest BCUT2D eigenvalue weighted by atomic mass is 9.68. The zero-order valence-corrected chi connectivity index (χ0v) is 57.8. The van der Waals surface area contributed by atoms with Crippen LogP contribution in [0.25, 0.3) is 0 Å². The van der Waals surface area contributed by atoms with Crippen molar-refractivity contribution < 1.29 is 55.7 Å². The van der Waals surface area contributed by atoms with Gasteiger partial charge in [0.25, 0.3) is 11.8 Å². The predicted molar refractivity (Wildman–Crippen MR) is 381 cm³/mol. The average Bonchev–Trinajstić information content (AvgIpc) is 1.49. The molecule has 6 aromatic rings. The van der Waals surface area contributed by atoms with Gasteiger partial charge in [-0.25, -0.2) is 26.3 Å². The molecule has 2 spiro atoms. The Morgan fingerprint density at radius 1 is 0.541 bits per heavy atom. The zero-order valence-electron chi connectivity index (χ0n) is 54.6. The van der Waals surface area contributed by atoms with E-state index >= 15 is 0 Å². The van der Waals surface area contributed by atoms with Gasteiger partial charge in [0, 0.05) is 82.4 Å². The summed E-state index contributed by atoms with van der Waals surface area (Å²) in [6.45, 7) is 3.53. The number of allylic oxidation sites excluding steroid dienone is 2. The molecular weight excluding hydrogens is 1320 g/mol. The van der Waals surface area contributed by atoms with Crippen molar-refractivity contribution in [2.24, 2.45) is 23.7 Å². The number of ether oxygens (including phenoxy) is 2. The predicted octanol–water partition coefficient (Wildman–Crippen LogP) is 12.0. The smallest absolute Gasteiger partial charge is 0.264 e. The molecule has 4 aliphatic carbocycles. The molecule has 8 aliphatic rings. The summed E-state index contributed by atoms with van der Waals surface area (Å²) in [6.07, 6.45) is 15.4. The molecule has 4 amide bonds. The van der Waals surface area contributed by atoms with Gasteiger partial charge in [0.15, 0.2) is 0 Å². The largest absolute Gasteiger partial charge is 0.490 e. The maximum atomic E-state index is 13.7. The number of amides is 4. The second kappa shape index (κ2) is 29.2. The van der Waals surface area contributed by atoms with E-state index in [-0.39, 0.29) is 71.3 Å². The molecule has 98 heavy (non-hydrogen) atoms. The third-order valence-corrected chi connectivity index (χ3v) is 25.6. The molecule has 4 heterocycles. The lowest BCUT2D eigenvalue weighted by Crippen LogP contribution is -2.49. The number of carbonyl (C=O) groups excluding carboxylic acids is 4. The van der Waals surface area contributed by atoms with Gasteiger partial charge in [-0.1, -0.05) is 96.0 Å². The fourth-order valence-corrected chi connectivity index (χ4v) is 19.2. The van der Waals surface area contributed by atoms with Crippen LogP contribution in [0, 0.1) is 23.7 Å². The Kier molecular flexibility index (Phi) is 20.5. The zero-order chi connectivity index (χ0) is 68.3. The second-order valence-corrected chi connectivity index (χ2v) is 32.8. The maximum Gasteiger partial charge on any atom is 0.264 e. The third-order valence-electron chi connectivity index (χ3n) is 21.6. The quantitative estimate of drug-likeness (QED) is 0.0849. The molecule has 18 nitrogen and oxygen atoms in total. The van der Waals surface area contributed by atoms with Crippen molar-refractivity contribution >= 4 is 89.6 Å². The van der Waals surface area contributed by atoms with Crippen LogP contribution in [0.3, 0.4) is 0 Å². The number of halogens is 2. The highest BCUT2D eigenvalue weighted by atomic mass is 35.5. The first-order valence-electron chi connectivity index (χ1n) is 34.3. The number of fused-ring (bicyclic) bond motifs is 8. The summed E-state index contributed by atoms with van der Waals surface area (Å²) in [5, 5.41) is 27.1. The van der Waals surface area contributed by atoms with Crippen LogP contribution >= 0.6 is 23.2 Å². The molecule has 516 valence electrons. The molecule has 4 aliphatic heterocycles. The minimum atomic E-state index is -4.27. The molecule has 10 atom stereocenters. The van der Waals surface area contributed by atoms with Gasteiger partial charge in [0.05, 0.1) is 47.3 Å². The number of hydrogen-bond donors (Lipinski definition) is 6. The van der Waals surface area contributed by atoms with Crippen molar-refractivity contribution in [2.75, 3.05) is 59.8 Å². The Morgan fingerprint density at radius 2 is 0.959 bits per heavy atom. The maximum absolute atomic E-state index is 13.7. The van der Waals surface area contributed by atoms with Crippen LogP contribution < -0.4 is 39.4 Å². The number of benzene rings is 6. The number of aliphatic hydroxyl groups excluding tert-OH is 2. The van der Waals surface area contributed by atoms with Crippen LogP contribution in [0.1, 0.15) is 133 Å². The third kappa shape index (κ3) is 15.2. The molecule has 0 saturated heterocycles. The van der Waals surface area contributed by atoms with E-state index in [2.05, 4.69) is 54.1 Å². The van der Waals surface area contributed by atoms with Crippen LogP contribution in [0.2, 0.25) is 10.0 Å².